The van der Waals surface area contributed by atoms with Crippen molar-refractivity contribution in [3.63, 3.8) is 0 Å². The Balaban J connectivity index is 2.04. The molecule has 3 rings (SSSR count). The van der Waals surface area contributed by atoms with Gasteiger partial charge in [-0.15, -0.1) is 0 Å². The summed E-state index contributed by atoms with van der Waals surface area (Å²) in [5, 5.41) is 0. The Morgan fingerprint density at radius 2 is 1.78 bits per heavy atom. The lowest BCUT2D eigenvalue weighted by molar-refractivity contribution is -0.142. The molecule has 7 heteroatoms. The number of nitrogens with zero attached hydrogens (tertiary/aromatic N) is 1. The molecule has 0 aliphatic heterocycles. The molecule has 5 nitrogen and oxygen atoms in total. The lowest BCUT2D eigenvalue weighted by atomic mass is 10.1. The van der Waals surface area contributed by atoms with Gasteiger partial charge in [-0.3, -0.25) is 4.79 Å². The van der Waals surface area contributed by atoms with Crippen molar-refractivity contribution in [1.29, 1.82) is 0 Å². The first-order chi connectivity index (χ1) is 13.0. The number of methoxy groups -OCH3 is 1. The number of carbonyl (C=O) groups excluding carboxylic acids is 1. The van der Waals surface area contributed by atoms with Crippen LogP contribution in [0.5, 0.6) is 5.75 Å². The SMILES string of the molecule is CCOC(=O)Cc1nc(-c2ccc(OC)cc2)oc1-c1ccc(F)c(F)c1. The summed E-state index contributed by atoms with van der Waals surface area (Å²) in [6.07, 6.45) is -0.151. The Morgan fingerprint density at radius 1 is 1.07 bits per heavy atom. The number of oxazole rings is 1. The van der Waals surface area contributed by atoms with Gasteiger partial charge >= 0.3 is 5.97 Å². The highest BCUT2D eigenvalue weighted by Crippen LogP contribution is 2.32. The summed E-state index contributed by atoms with van der Waals surface area (Å²) in [5.74, 6) is -1.38. The Morgan fingerprint density at radius 3 is 2.41 bits per heavy atom. The average Bonchev–Trinajstić information content (AvgIpc) is 3.08. The third-order valence-electron chi connectivity index (χ3n) is 3.83. The van der Waals surface area contributed by atoms with E-state index in [9.17, 15) is 13.6 Å². The molecular formula is C20H17F2NO4. The molecule has 0 spiro atoms. The summed E-state index contributed by atoms with van der Waals surface area (Å²) in [7, 11) is 1.55. The Kier molecular flexibility index (Phi) is 5.49. The van der Waals surface area contributed by atoms with Crippen LogP contribution in [0.4, 0.5) is 8.78 Å². The van der Waals surface area contributed by atoms with Gasteiger partial charge in [-0.2, -0.15) is 0 Å². The third kappa shape index (κ3) is 4.13. The van der Waals surface area contributed by atoms with Crippen LogP contribution in [-0.4, -0.2) is 24.7 Å². The first-order valence-corrected chi connectivity index (χ1v) is 8.27. The van der Waals surface area contributed by atoms with Crippen molar-refractivity contribution in [2.75, 3.05) is 13.7 Å². The van der Waals surface area contributed by atoms with E-state index in [1.165, 1.54) is 6.07 Å². The van der Waals surface area contributed by atoms with Crippen molar-refractivity contribution in [2.24, 2.45) is 0 Å². The van der Waals surface area contributed by atoms with E-state index in [1.807, 2.05) is 0 Å². The molecule has 3 aromatic rings. The first-order valence-electron chi connectivity index (χ1n) is 8.27. The lowest BCUT2D eigenvalue weighted by Gasteiger charge is -2.02. The van der Waals surface area contributed by atoms with Crippen LogP contribution in [0.3, 0.4) is 0 Å². The van der Waals surface area contributed by atoms with Crippen molar-refractivity contribution >= 4 is 5.97 Å². The van der Waals surface area contributed by atoms with E-state index >= 15 is 0 Å². The molecule has 0 unspecified atom stereocenters. The van der Waals surface area contributed by atoms with Gasteiger partial charge in [0.05, 0.1) is 25.8 Å². The second-order valence-corrected chi connectivity index (χ2v) is 5.63. The monoisotopic (exact) mass is 373 g/mol. The maximum absolute atomic E-state index is 13.7. The Hall–Kier alpha value is -3.22. The summed E-state index contributed by atoms with van der Waals surface area (Å²) in [6.45, 7) is 1.92. The zero-order valence-corrected chi connectivity index (χ0v) is 14.8. The van der Waals surface area contributed by atoms with E-state index in [2.05, 4.69) is 4.98 Å². The highest BCUT2D eigenvalue weighted by atomic mass is 19.2. The lowest BCUT2D eigenvalue weighted by Crippen LogP contribution is -2.08. The molecule has 0 N–H and O–H groups in total. The minimum Gasteiger partial charge on any atom is -0.497 e. The van der Waals surface area contributed by atoms with Crippen LogP contribution < -0.4 is 4.74 Å². The predicted molar refractivity (Wildman–Crippen MR) is 94.2 cm³/mol. The van der Waals surface area contributed by atoms with Gasteiger partial charge < -0.3 is 13.9 Å². The molecule has 27 heavy (non-hydrogen) atoms. The van der Waals surface area contributed by atoms with Crippen LogP contribution >= 0.6 is 0 Å². The molecule has 0 bridgehead atoms. The molecule has 0 aliphatic carbocycles. The van der Waals surface area contributed by atoms with E-state index in [4.69, 9.17) is 13.9 Å². The van der Waals surface area contributed by atoms with Gasteiger partial charge in [-0.1, -0.05) is 0 Å². The molecule has 0 saturated carbocycles. The normalized spacial score (nSPS) is 10.7. The maximum Gasteiger partial charge on any atom is 0.312 e. The minimum atomic E-state index is -1.02. The highest BCUT2D eigenvalue weighted by Gasteiger charge is 2.20. The fourth-order valence-corrected chi connectivity index (χ4v) is 2.54. The van der Waals surface area contributed by atoms with Crippen molar-refractivity contribution in [1.82, 2.24) is 4.98 Å². The zero-order valence-electron chi connectivity index (χ0n) is 14.8. The molecule has 0 aliphatic rings. The number of ether oxygens (including phenoxy) is 2. The maximum atomic E-state index is 13.7. The van der Waals surface area contributed by atoms with Gasteiger partial charge in [0.1, 0.15) is 5.75 Å². The smallest absolute Gasteiger partial charge is 0.312 e. The van der Waals surface area contributed by atoms with Crippen LogP contribution in [0.1, 0.15) is 12.6 Å². The second kappa shape index (κ2) is 7.99. The van der Waals surface area contributed by atoms with E-state index < -0.39 is 17.6 Å². The van der Waals surface area contributed by atoms with Gasteiger partial charge in [-0.25, -0.2) is 13.8 Å². The van der Waals surface area contributed by atoms with Gasteiger partial charge in [-0.05, 0) is 49.4 Å². The summed E-state index contributed by atoms with van der Waals surface area (Å²) in [6, 6.07) is 10.3. The standard InChI is InChI=1S/C20H17F2NO4/c1-3-26-18(24)11-17-19(13-6-9-15(21)16(22)10-13)27-20(23-17)12-4-7-14(25-2)8-5-12/h4-10H,3,11H2,1-2H3. The molecule has 0 atom stereocenters. The number of benzene rings is 2. The molecule has 1 aromatic heterocycles. The van der Waals surface area contributed by atoms with Gasteiger partial charge in [0.25, 0.3) is 0 Å². The van der Waals surface area contributed by atoms with Crippen LogP contribution in [0, 0.1) is 11.6 Å². The van der Waals surface area contributed by atoms with Crippen molar-refractivity contribution in [3.8, 4) is 28.5 Å². The molecule has 2 aromatic carbocycles. The summed E-state index contributed by atoms with van der Waals surface area (Å²) in [4.78, 5) is 16.3. The summed E-state index contributed by atoms with van der Waals surface area (Å²) in [5.41, 5.74) is 1.21. The van der Waals surface area contributed by atoms with E-state index in [-0.39, 0.29) is 35.9 Å². The van der Waals surface area contributed by atoms with Crippen LogP contribution in [0.15, 0.2) is 46.9 Å². The van der Waals surface area contributed by atoms with E-state index in [1.54, 1.807) is 38.3 Å². The molecule has 0 amide bonds. The molecular weight excluding hydrogens is 356 g/mol. The van der Waals surface area contributed by atoms with Crippen LogP contribution in [-0.2, 0) is 16.0 Å². The number of rotatable bonds is 6. The van der Waals surface area contributed by atoms with Gasteiger partial charge in [0.2, 0.25) is 5.89 Å². The quantitative estimate of drug-likeness (QED) is 0.599. The van der Waals surface area contributed by atoms with Gasteiger partial charge in [0.15, 0.2) is 17.4 Å². The number of aromatic nitrogens is 1. The predicted octanol–water partition coefficient (Wildman–Crippen LogP) is 4.40. The number of hydrogen-bond acceptors (Lipinski definition) is 5. The second-order valence-electron chi connectivity index (χ2n) is 5.63. The summed E-state index contributed by atoms with van der Waals surface area (Å²) >= 11 is 0. The number of hydrogen-bond donors (Lipinski definition) is 0. The molecule has 0 fully saturated rings. The summed E-state index contributed by atoms with van der Waals surface area (Å²) < 4.78 is 42.8. The minimum absolute atomic E-state index is 0.151. The molecule has 1 heterocycles. The average molecular weight is 373 g/mol. The Bertz CT molecular complexity index is 951. The largest absolute Gasteiger partial charge is 0.497 e. The molecule has 140 valence electrons. The number of halogens is 2. The van der Waals surface area contributed by atoms with Crippen LogP contribution in [0.25, 0.3) is 22.8 Å². The molecule has 0 saturated heterocycles. The highest BCUT2D eigenvalue weighted by molar-refractivity contribution is 5.76. The van der Waals surface area contributed by atoms with Crippen molar-refractivity contribution in [3.05, 3.63) is 59.8 Å². The molecule has 0 radical (unpaired) electrons. The fourth-order valence-electron chi connectivity index (χ4n) is 2.54. The first kappa shape index (κ1) is 18.6. The van der Waals surface area contributed by atoms with Gasteiger partial charge in [0, 0.05) is 11.1 Å². The third-order valence-corrected chi connectivity index (χ3v) is 3.83. The number of carbonyl (C=O) groups is 1. The topological polar surface area (TPSA) is 61.6 Å². The van der Waals surface area contributed by atoms with E-state index in [0.717, 1.165) is 12.1 Å². The van der Waals surface area contributed by atoms with Crippen molar-refractivity contribution < 1.29 is 27.5 Å². The number of esters is 1. The Labute approximate surface area is 154 Å². The zero-order chi connectivity index (χ0) is 19.4. The van der Waals surface area contributed by atoms with Crippen molar-refractivity contribution in [2.45, 2.75) is 13.3 Å². The van der Waals surface area contributed by atoms with Crippen LogP contribution in [0.2, 0.25) is 0 Å². The van der Waals surface area contributed by atoms with E-state index in [0.29, 0.717) is 11.3 Å². The fraction of sp³-hybridized carbons (Fsp3) is 0.200.